The van der Waals surface area contributed by atoms with E-state index >= 15 is 0 Å². The average Bonchev–Trinajstić information content (AvgIpc) is 2.78. The highest BCUT2D eigenvalue weighted by atomic mass is 16.4. The Kier molecular flexibility index (Phi) is 3.66. The highest BCUT2D eigenvalue weighted by Gasteiger charge is 2.08. The van der Waals surface area contributed by atoms with Crippen molar-refractivity contribution < 1.29 is 9.90 Å². The van der Waals surface area contributed by atoms with Gasteiger partial charge in [-0.25, -0.2) is 4.68 Å². The van der Waals surface area contributed by atoms with Gasteiger partial charge in [0.05, 0.1) is 0 Å². The molecule has 0 aliphatic carbocycles. The summed E-state index contributed by atoms with van der Waals surface area (Å²) in [6.45, 7) is 2.52. The van der Waals surface area contributed by atoms with E-state index < -0.39 is 5.97 Å². The summed E-state index contributed by atoms with van der Waals surface area (Å²) in [6.07, 6.45) is 0.631. The van der Waals surface area contributed by atoms with Crippen molar-refractivity contribution >= 4 is 5.97 Å². The molecule has 0 saturated carbocycles. The summed E-state index contributed by atoms with van der Waals surface area (Å²) >= 11 is 0. The summed E-state index contributed by atoms with van der Waals surface area (Å²) < 4.78 is 1.63. The van der Waals surface area contributed by atoms with Crippen LogP contribution in [0.15, 0.2) is 24.3 Å². The van der Waals surface area contributed by atoms with Gasteiger partial charge in [-0.1, -0.05) is 29.8 Å². The first kappa shape index (κ1) is 12.2. The topological polar surface area (TPSA) is 80.9 Å². The molecule has 0 amide bonds. The highest BCUT2D eigenvalue weighted by molar-refractivity contribution is 5.66. The molecule has 0 aliphatic heterocycles. The van der Waals surface area contributed by atoms with Crippen LogP contribution in [0.25, 0.3) is 11.4 Å². The molecule has 6 nitrogen and oxygen atoms in total. The van der Waals surface area contributed by atoms with Gasteiger partial charge in [0.15, 0.2) is 5.82 Å². The molecule has 18 heavy (non-hydrogen) atoms. The van der Waals surface area contributed by atoms with E-state index in [0.717, 1.165) is 5.56 Å². The second-order valence-electron chi connectivity index (χ2n) is 4.09. The third kappa shape index (κ3) is 2.91. The number of hydrogen-bond acceptors (Lipinski definition) is 4. The van der Waals surface area contributed by atoms with Gasteiger partial charge in [0.25, 0.3) is 0 Å². The lowest BCUT2D eigenvalue weighted by atomic mass is 10.1. The fraction of sp³-hybridized carbons (Fsp3) is 0.333. The van der Waals surface area contributed by atoms with Crippen LogP contribution in [0.2, 0.25) is 0 Å². The van der Waals surface area contributed by atoms with E-state index in [1.54, 1.807) is 4.68 Å². The van der Waals surface area contributed by atoms with Crippen LogP contribution in [0.5, 0.6) is 0 Å². The zero-order chi connectivity index (χ0) is 13.0. The van der Waals surface area contributed by atoms with Crippen LogP contribution in [0.1, 0.15) is 18.4 Å². The summed E-state index contributed by atoms with van der Waals surface area (Å²) in [5.41, 5.74) is 2.10. The Morgan fingerprint density at radius 2 is 2.06 bits per heavy atom. The minimum absolute atomic E-state index is 0.118. The van der Waals surface area contributed by atoms with Crippen molar-refractivity contribution in [2.75, 3.05) is 0 Å². The molecule has 0 bridgehead atoms. The van der Waals surface area contributed by atoms with Crippen molar-refractivity contribution in [3.8, 4) is 11.4 Å². The van der Waals surface area contributed by atoms with E-state index in [2.05, 4.69) is 15.5 Å². The van der Waals surface area contributed by atoms with Gasteiger partial charge < -0.3 is 5.11 Å². The lowest BCUT2D eigenvalue weighted by molar-refractivity contribution is -0.137. The van der Waals surface area contributed by atoms with Crippen LogP contribution in [-0.2, 0) is 11.3 Å². The van der Waals surface area contributed by atoms with E-state index in [9.17, 15) is 4.79 Å². The van der Waals surface area contributed by atoms with Gasteiger partial charge in [-0.15, -0.1) is 5.10 Å². The molecule has 1 aromatic carbocycles. The van der Waals surface area contributed by atoms with Crippen molar-refractivity contribution in [3.63, 3.8) is 0 Å². The Morgan fingerprint density at radius 3 is 2.72 bits per heavy atom. The number of aromatic nitrogens is 4. The SMILES string of the molecule is Cc1ccc(-c2nnnn2CCCC(=O)O)cc1. The minimum Gasteiger partial charge on any atom is -0.481 e. The molecule has 1 aromatic heterocycles. The van der Waals surface area contributed by atoms with Gasteiger partial charge in [-0.2, -0.15) is 0 Å². The van der Waals surface area contributed by atoms with Gasteiger partial charge >= 0.3 is 5.97 Å². The van der Waals surface area contributed by atoms with E-state index in [0.29, 0.717) is 18.8 Å². The summed E-state index contributed by atoms with van der Waals surface area (Å²) in [5.74, 6) is -0.139. The first-order chi connectivity index (χ1) is 8.66. The van der Waals surface area contributed by atoms with Crippen molar-refractivity contribution in [2.45, 2.75) is 26.3 Å². The van der Waals surface area contributed by atoms with Gasteiger partial charge in [0.2, 0.25) is 0 Å². The molecule has 0 spiro atoms. The predicted molar refractivity (Wildman–Crippen MR) is 64.9 cm³/mol. The largest absolute Gasteiger partial charge is 0.481 e. The third-order valence-electron chi connectivity index (χ3n) is 2.60. The molecule has 0 radical (unpaired) electrons. The molecule has 0 unspecified atom stereocenters. The summed E-state index contributed by atoms with van der Waals surface area (Å²) in [7, 11) is 0. The first-order valence-electron chi connectivity index (χ1n) is 5.72. The van der Waals surface area contributed by atoms with Crippen LogP contribution >= 0.6 is 0 Å². The summed E-state index contributed by atoms with van der Waals surface area (Å²) in [4.78, 5) is 10.5. The fourth-order valence-corrected chi connectivity index (χ4v) is 1.64. The molecule has 2 aromatic rings. The molecular formula is C12H14N4O2. The number of rotatable bonds is 5. The van der Waals surface area contributed by atoms with Crippen molar-refractivity contribution in [2.24, 2.45) is 0 Å². The Labute approximate surface area is 104 Å². The highest BCUT2D eigenvalue weighted by Crippen LogP contribution is 2.16. The first-order valence-corrected chi connectivity index (χ1v) is 5.72. The van der Waals surface area contributed by atoms with Gasteiger partial charge in [-0.05, 0) is 23.8 Å². The number of nitrogens with zero attached hydrogens (tertiary/aromatic N) is 4. The molecule has 0 saturated heterocycles. The number of carboxylic acids is 1. The maximum Gasteiger partial charge on any atom is 0.303 e. The zero-order valence-electron chi connectivity index (χ0n) is 10.1. The molecular weight excluding hydrogens is 232 g/mol. The maximum absolute atomic E-state index is 10.5. The van der Waals surface area contributed by atoms with Gasteiger partial charge in [0.1, 0.15) is 0 Å². The Bertz CT molecular complexity index is 533. The van der Waals surface area contributed by atoms with Gasteiger partial charge in [-0.3, -0.25) is 4.79 Å². The maximum atomic E-state index is 10.5. The second-order valence-corrected chi connectivity index (χ2v) is 4.09. The number of hydrogen-bond donors (Lipinski definition) is 1. The number of carboxylic acid groups (broad SMARTS) is 1. The summed E-state index contributed by atoms with van der Waals surface area (Å²) in [6, 6.07) is 7.89. The monoisotopic (exact) mass is 246 g/mol. The lowest BCUT2D eigenvalue weighted by Gasteiger charge is -2.03. The Balaban J connectivity index is 2.12. The van der Waals surface area contributed by atoms with Crippen LogP contribution in [0, 0.1) is 6.92 Å². The quantitative estimate of drug-likeness (QED) is 0.864. The van der Waals surface area contributed by atoms with Crippen LogP contribution in [0.4, 0.5) is 0 Å². The van der Waals surface area contributed by atoms with E-state index in [4.69, 9.17) is 5.11 Å². The number of tetrazole rings is 1. The number of benzene rings is 1. The molecule has 2 rings (SSSR count). The molecule has 0 aliphatic rings. The molecule has 6 heteroatoms. The third-order valence-corrected chi connectivity index (χ3v) is 2.60. The molecule has 0 atom stereocenters. The normalized spacial score (nSPS) is 10.5. The predicted octanol–water partition coefficient (Wildman–Crippen LogP) is 1.51. The van der Waals surface area contributed by atoms with Crippen molar-refractivity contribution in [1.29, 1.82) is 0 Å². The molecule has 94 valence electrons. The van der Waals surface area contributed by atoms with E-state index in [-0.39, 0.29) is 6.42 Å². The number of aliphatic carboxylic acids is 1. The standard InChI is InChI=1S/C12H14N4O2/c1-9-4-6-10(7-5-9)12-13-14-15-16(12)8-2-3-11(17)18/h4-7H,2-3,8H2,1H3,(H,17,18). The van der Waals surface area contributed by atoms with E-state index in [1.165, 1.54) is 5.56 Å². The summed E-state index contributed by atoms with van der Waals surface area (Å²) in [5, 5.41) is 20.1. The smallest absolute Gasteiger partial charge is 0.303 e. The number of aryl methyl sites for hydroxylation is 2. The number of carbonyl (C=O) groups is 1. The Hall–Kier alpha value is -2.24. The van der Waals surface area contributed by atoms with Crippen LogP contribution in [0.3, 0.4) is 0 Å². The van der Waals surface area contributed by atoms with Crippen LogP contribution < -0.4 is 0 Å². The zero-order valence-corrected chi connectivity index (χ0v) is 10.1. The lowest BCUT2D eigenvalue weighted by Crippen LogP contribution is -2.05. The van der Waals surface area contributed by atoms with Crippen LogP contribution in [-0.4, -0.2) is 31.3 Å². The minimum atomic E-state index is -0.806. The van der Waals surface area contributed by atoms with Gasteiger partial charge in [0, 0.05) is 18.5 Å². The average molecular weight is 246 g/mol. The van der Waals surface area contributed by atoms with Crippen molar-refractivity contribution in [1.82, 2.24) is 20.2 Å². The molecule has 1 heterocycles. The molecule has 0 fully saturated rings. The fourth-order valence-electron chi connectivity index (χ4n) is 1.64. The van der Waals surface area contributed by atoms with E-state index in [1.807, 2.05) is 31.2 Å². The second kappa shape index (κ2) is 5.39. The van der Waals surface area contributed by atoms with Crippen molar-refractivity contribution in [3.05, 3.63) is 29.8 Å². The molecule has 1 N–H and O–H groups in total. The Morgan fingerprint density at radius 1 is 1.33 bits per heavy atom.